The predicted octanol–water partition coefficient (Wildman–Crippen LogP) is 2.40. The molecule has 96 valence electrons. The van der Waals surface area contributed by atoms with Crippen molar-refractivity contribution in [2.24, 2.45) is 0 Å². The van der Waals surface area contributed by atoms with Crippen LogP contribution in [-0.2, 0) is 6.42 Å². The van der Waals surface area contributed by atoms with E-state index in [1.807, 2.05) is 26.0 Å². The molecule has 0 aliphatic carbocycles. The maximum Gasteiger partial charge on any atom is 0.229 e. The Hall–Kier alpha value is -2.04. The van der Waals surface area contributed by atoms with E-state index in [-0.39, 0.29) is 5.92 Å². The van der Waals surface area contributed by atoms with E-state index < -0.39 is 0 Å². The molecule has 0 bridgehead atoms. The molecule has 0 spiro atoms. The highest BCUT2D eigenvalue weighted by Crippen LogP contribution is 2.14. The summed E-state index contributed by atoms with van der Waals surface area (Å²) in [5, 5.41) is 3.90. The monoisotopic (exact) mass is 247 g/mol. The minimum Gasteiger partial charge on any atom is -0.493 e. The van der Waals surface area contributed by atoms with Crippen molar-refractivity contribution in [3.8, 4) is 5.75 Å². The molecule has 2 aromatic rings. The summed E-state index contributed by atoms with van der Waals surface area (Å²) in [7, 11) is 0. The molecule has 0 aliphatic heterocycles. The van der Waals surface area contributed by atoms with Crippen LogP contribution in [0, 0.1) is 0 Å². The van der Waals surface area contributed by atoms with Crippen molar-refractivity contribution < 1.29 is 9.26 Å². The molecule has 5 heteroatoms. The zero-order valence-electron chi connectivity index (χ0n) is 10.6. The summed E-state index contributed by atoms with van der Waals surface area (Å²) in [5.74, 6) is 2.38. The highest BCUT2D eigenvalue weighted by Gasteiger charge is 2.09. The number of nitrogens with zero attached hydrogens (tertiary/aromatic N) is 2. The van der Waals surface area contributed by atoms with Crippen molar-refractivity contribution in [3.05, 3.63) is 36.0 Å². The SMILES string of the molecule is CC(C)c1nc(CCOc2ccc(N)cc2)no1. The van der Waals surface area contributed by atoms with Crippen LogP contribution in [0.4, 0.5) is 5.69 Å². The second kappa shape index (κ2) is 5.53. The van der Waals surface area contributed by atoms with E-state index in [2.05, 4.69) is 10.1 Å². The molecule has 2 N–H and O–H groups in total. The van der Waals surface area contributed by atoms with Gasteiger partial charge in [0.05, 0.1) is 6.61 Å². The topological polar surface area (TPSA) is 74.2 Å². The van der Waals surface area contributed by atoms with Crippen molar-refractivity contribution in [1.29, 1.82) is 0 Å². The van der Waals surface area contributed by atoms with Gasteiger partial charge in [-0.2, -0.15) is 4.98 Å². The molecule has 2 rings (SSSR count). The van der Waals surface area contributed by atoms with Crippen LogP contribution in [0.2, 0.25) is 0 Å². The van der Waals surface area contributed by atoms with E-state index in [9.17, 15) is 0 Å². The Bertz CT molecular complexity index is 491. The van der Waals surface area contributed by atoms with Gasteiger partial charge in [-0.3, -0.25) is 0 Å². The summed E-state index contributed by atoms with van der Waals surface area (Å²) < 4.78 is 10.7. The van der Waals surface area contributed by atoms with Gasteiger partial charge in [-0.15, -0.1) is 0 Å². The van der Waals surface area contributed by atoms with Crippen molar-refractivity contribution in [2.45, 2.75) is 26.2 Å². The number of aromatic nitrogens is 2. The minimum atomic E-state index is 0.254. The van der Waals surface area contributed by atoms with E-state index in [0.29, 0.717) is 24.7 Å². The maximum atomic E-state index is 5.59. The summed E-state index contributed by atoms with van der Waals surface area (Å²) >= 11 is 0. The van der Waals surface area contributed by atoms with E-state index in [1.54, 1.807) is 12.1 Å². The highest BCUT2D eigenvalue weighted by molar-refractivity contribution is 5.41. The summed E-state index contributed by atoms with van der Waals surface area (Å²) in [4.78, 5) is 4.28. The van der Waals surface area contributed by atoms with Crippen LogP contribution >= 0.6 is 0 Å². The lowest BCUT2D eigenvalue weighted by atomic mass is 10.2. The number of nitrogens with two attached hydrogens (primary N) is 1. The Kier molecular flexibility index (Phi) is 3.82. The van der Waals surface area contributed by atoms with Gasteiger partial charge < -0.3 is 15.0 Å². The fourth-order valence-corrected chi connectivity index (χ4v) is 1.43. The van der Waals surface area contributed by atoms with E-state index in [0.717, 1.165) is 11.4 Å². The number of nitrogen functional groups attached to an aromatic ring is 1. The molecule has 0 aliphatic rings. The lowest BCUT2D eigenvalue weighted by Crippen LogP contribution is -2.03. The first kappa shape index (κ1) is 12.4. The van der Waals surface area contributed by atoms with Gasteiger partial charge in [0.2, 0.25) is 5.89 Å². The standard InChI is InChI=1S/C13H17N3O2/c1-9(2)13-15-12(16-18-13)7-8-17-11-5-3-10(14)4-6-11/h3-6,9H,7-8,14H2,1-2H3. The third-order valence-electron chi connectivity index (χ3n) is 2.45. The van der Waals surface area contributed by atoms with Crippen LogP contribution < -0.4 is 10.5 Å². The van der Waals surface area contributed by atoms with Gasteiger partial charge >= 0.3 is 0 Å². The van der Waals surface area contributed by atoms with Crippen LogP contribution in [0.15, 0.2) is 28.8 Å². The van der Waals surface area contributed by atoms with Gasteiger partial charge in [0.1, 0.15) is 5.75 Å². The summed E-state index contributed by atoms with van der Waals surface area (Å²) in [6, 6.07) is 7.29. The molecule has 0 unspecified atom stereocenters. The Balaban J connectivity index is 1.82. The molecule has 1 aromatic carbocycles. The molecule has 0 atom stereocenters. The molecule has 0 radical (unpaired) electrons. The van der Waals surface area contributed by atoms with E-state index in [4.69, 9.17) is 15.0 Å². The molecular weight excluding hydrogens is 230 g/mol. The Labute approximate surface area is 106 Å². The Morgan fingerprint density at radius 3 is 2.61 bits per heavy atom. The normalized spacial score (nSPS) is 10.8. The van der Waals surface area contributed by atoms with Crippen molar-refractivity contribution in [3.63, 3.8) is 0 Å². The smallest absolute Gasteiger partial charge is 0.229 e. The molecular formula is C13H17N3O2. The number of ether oxygens (including phenoxy) is 1. The highest BCUT2D eigenvalue weighted by atomic mass is 16.5. The minimum absolute atomic E-state index is 0.254. The number of hydrogen-bond donors (Lipinski definition) is 1. The van der Waals surface area contributed by atoms with Crippen LogP contribution in [0.5, 0.6) is 5.75 Å². The molecule has 1 heterocycles. The first-order chi connectivity index (χ1) is 8.65. The summed E-state index contributed by atoms with van der Waals surface area (Å²) in [6.45, 7) is 4.55. The number of benzene rings is 1. The second-order valence-corrected chi connectivity index (χ2v) is 4.37. The number of rotatable bonds is 5. The van der Waals surface area contributed by atoms with Gasteiger partial charge in [0.25, 0.3) is 0 Å². The van der Waals surface area contributed by atoms with E-state index in [1.165, 1.54) is 0 Å². The van der Waals surface area contributed by atoms with Crippen molar-refractivity contribution >= 4 is 5.69 Å². The van der Waals surface area contributed by atoms with Crippen molar-refractivity contribution in [1.82, 2.24) is 10.1 Å². The molecule has 0 fully saturated rings. The van der Waals surface area contributed by atoms with Gasteiger partial charge in [-0.1, -0.05) is 19.0 Å². The zero-order valence-corrected chi connectivity index (χ0v) is 10.6. The van der Waals surface area contributed by atoms with Crippen LogP contribution in [0.1, 0.15) is 31.5 Å². The number of hydrogen-bond acceptors (Lipinski definition) is 5. The van der Waals surface area contributed by atoms with Gasteiger partial charge in [0.15, 0.2) is 5.82 Å². The fraction of sp³-hybridized carbons (Fsp3) is 0.385. The zero-order chi connectivity index (χ0) is 13.0. The van der Waals surface area contributed by atoms with Gasteiger partial charge in [-0.05, 0) is 24.3 Å². The largest absolute Gasteiger partial charge is 0.493 e. The fourth-order valence-electron chi connectivity index (χ4n) is 1.43. The molecule has 1 aromatic heterocycles. The van der Waals surface area contributed by atoms with E-state index >= 15 is 0 Å². The second-order valence-electron chi connectivity index (χ2n) is 4.37. The average Bonchev–Trinajstić information content (AvgIpc) is 2.81. The molecule has 18 heavy (non-hydrogen) atoms. The first-order valence-electron chi connectivity index (χ1n) is 5.96. The third kappa shape index (κ3) is 3.23. The third-order valence-corrected chi connectivity index (χ3v) is 2.45. The average molecular weight is 247 g/mol. The maximum absolute atomic E-state index is 5.59. The summed E-state index contributed by atoms with van der Waals surface area (Å²) in [5.41, 5.74) is 6.31. The lowest BCUT2D eigenvalue weighted by molar-refractivity contribution is 0.313. The van der Waals surface area contributed by atoms with Gasteiger partial charge in [-0.25, -0.2) is 0 Å². The Morgan fingerprint density at radius 2 is 2.00 bits per heavy atom. The molecule has 5 nitrogen and oxygen atoms in total. The molecule has 0 saturated carbocycles. The van der Waals surface area contributed by atoms with Crippen LogP contribution in [0.3, 0.4) is 0 Å². The first-order valence-corrected chi connectivity index (χ1v) is 5.96. The Morgan fingerprint density at radius 1 is 1.28 bits per heavy atom. The number of anilines is 1. The van der Waals surface area contributed by atoms with Crippen LogP contribution in [0.25, 0.3) is 0 Å². The van der Waals surface area contributed by atoms with Crippen molar-refractivity contribution in [2.75, 3.05) is 12.3 Å². The molecule has 0 saturated heterocycles. The van der Waals surface area contributed by atoms with Gasteiger partial charge in [0, 0.05) is 18.0 Å². The lowest BCUT2D eigenvalue weighted by Gasteiger charge is -2.04. The van der Waals surface area contributed by atoms with Crippen LogP contribution in [-0.4, -0.2) is 16.7 Å². The molecule has 0 amide bonds. The summed E-state index contributed by atoms with van der Waals surface area (Å²) in [6.07, 6.45) is 0.626. The quantitative estimate of drug-likeness (QED) is 0.821. The predicted molar refractivity (Wildman–Crippen MR) is 68.4 cm³/mol.